The van der Waals surface area contributed by atoms with Gasteiger partial charge in [0.25, 0.3) is 0 Å². The molecule has 2 heterocycles. The van der Waals surface area contributed by atoms with Crippen molar-refractivity contribution in [1.82, 2.24) is 20.2 Å². The predicted octanol–water partition coefficient (Wildman–Crippen LogP) is 1.43. The molecule has 2 aromatic rings. The zero-order valence-electron chi connectivity index (χ0n) is 9.19. The molecule has 2 rings (SSSR count). The van der Waals surface area contributed by atoms with E-state index in [0.717, 1.165) is 22.1 Å². The SMILES string of the molecule is Cc1cc(CN)cc(Sc2n[nH]c(C)n2)n1. The fraction of sp³-hybridized carbons (Fsp3) is 0.300. The minimum absolute atomic E-state index is 0.518. The molecule has 0 aromatic carbocycles. The zero-order valence-corrected chi connectivity index (χ0v) is 10.0. The van der Waals surface area contributed by atoms with Gasteiger partial charge in [-0.2, -0.15) is 0 Å². The van der Waals surface area contributed by atoms with Gasteiger partial charge in [-0.05, 0) is 43.3 Å². The lowest BCUT2D eigenvalue weighted by atomic mass is 10.2. The van der Waals surface area contributed by atoms with E-state index in [4.69, 9.17) is 5.73 Å². The number of hydrogen-bond acceptors (Lipinski definition) is 5. The molecule has 0 amide bonds. The number of pyridine rings is 1. The van der Waals surface area contributed by atoms with Crippen molar-refractivity contribution in [1.29, 1.82) is 0 Å². The highest BCUT2D eigenvalue weighted by atomic mass is 32.2. The van der Waals surface area contributed by atoms with Crippen molar-refractivity contribution in [2.75, 3.05) is 0 Å². The molecule has 84 valence electrons. The predicted molar refractivity (Wildman–Crippen MR) is 62.1 cm³/mol. The van der Waals surface area contributed by atoms with Gasteiger partial charge in [-0.15, -0.1) is 5.10 Å². The number of H-pyrrole nitrogens is 1. The van der Waals surface area contributed by atoms with Gasteiger partial charge in [0.15, 0.2) is 0 Å². The summed E-state index contributed by atoms with van der Waals surface area (Å²) in [4.78, 5) is 8.62. The molecule has 0 unspecified atom stereocenters. The Morgan fingerprint density at radius 3 is 2.75 bits per heavy atom. The molecule has 5 nitrogen and oxygen atoms in total. The standard InChI is InChI=1S/C10H13N5S/c1-6-3-8(5-11)4-9(12-6)16-10-13-7(2)14-15-10/h3-4H,5,11H2,1-2H3,(H,13,14,15). The van der Waals surface area contributed by atoms with Gasteiger partial charge in [0.05, 0.1) is 0 Å². The first-order valence-corrected chi connectivity index (χ1v) is 5.73. The van der Waals surface area contributed by atoms with Gasteiger partial charge in [0.2, 0.25) is 5.16 Å². The molecule has 0 aliphatic heterocycles. The average Bonchev–Trinajstić information content (AvgIpc) is 2.63. The Hall–Kier alpha value is -1.40. The summed E-state index contributed by atoms with van der Waals surface area (Å²) in [5.74, 6) is 0.800. The minimum Gasteiger partial charge on any atom is -0.326 e. The van der Waals surface area contributed by atoms with Gasteiger partial charge in [0, 0.05) is 12.2 Å². The summed E-state index contributed by atoms with van der Waals surface area (Å²) in [5.41, 5.74) is 7.64. The van der Waals surface area contributed by atoms with Gasteiger partial charge in [0.1, 0.15) is 10.9 Å². The lowest BCUT2D eigenvalue weighted by Crippen LogP contribution is -1.98. The van der Waals surface area contributed by atoms with Crippen LogP contribution in [0.2, 0.25) is 0 Å². The van der Waals surface area contributed by atoms with Crippen molar-refractivity contribution in [2.24, 2.45) is 5.73 Å². The number of aromatic amines is 1. The fourth-order valence-electron chi connectivity index (χ4n) is 1.34. The molecule has 0 saturated heterocycles. The Balaban J connectivity index is 2.24. The second-order valence-corrected chi connectivity index (χ2v) is 4.45. The molecule has 16 heavy (non-hydrogen) atoms. The number of nitrogens with two attached hydrogens (primary N) is 1. The molecule has 0 radical (unpaired) electrons. The number of nitrogens with zero attached hydrogens (tertiary/aromatic N) is 3. The van der Waals surface area contributed by atoms with Crippen LogP contribution >= 0.6 is 11.8 Å². The Morgan fingerprint density at radius 2 is 2.12 bits per heavy atom. The molecular weight excluding hydrogens is 222 g/mol. The lowest BCUT2D eigenvalue weighted by Gasteiger charge is -2.02. The topological polar surface area (TPSA) is 80.5 Å². The van der Waals surface area contributed by atoms with Crippen LogP contribution in [0.5, 0.6) is 0 Å². The Morgan fingerprint density at radius 1 is 1.31 bits per heavy atom. The van der Waals surface area contributed by atoms with E-state index in [0.29, 0.717) is 11.7 Å². The maximum Gasteiger partial charge on any atom is 0.214 e. The van der Waals surface area contributed by atoms with Crippen molar-refractivity contribution in [2.45, 2.75) is 30.6 Å². The first-order valence-electron chi connectivity index (χ1n) is 4.92. The summed E-state index contributed by atoms with van der Waals surface area (Å²) in [5, 5.41) is 8.40. The Bertz CT molecular complexity index is 494. The first kappa shape index (κ1) is 11.1. The van der Waals surface area contributed by atoms with Gasteiger partial charge in [-0.3, -0.25) is 5.10 Å². The van der Waals surface area contributed by atoms with Crippen LogP contribution in [0.25, 0.3) is 0 Å². The molecule has 0 fully saturated rings. The Kier molecular flexibility index (Phi) is 3.21. The number of aromatic nitrogens is 4. The highest BCUT2D eigenvalue weighted by Crippen LogP contribution is 2.23. The van der Waals surface area contributed by atoms with Crippen molar-refractivity contribution in [3.63, 3.8) is 0 Å². The van der Waals surface area contributed by atoms with E-state index in [1.165, 1.54) is 11.8 Å². The summed E-state index contributed by atoms with van der Waals surface area (Å²) >= 11 is 1.43. The molecule has 0 saturated carbocycles. The maximum absolute atomic E-state index is 5.61. The third kappa shape index (κ3) is 2.59. The summed E-state index contributed by atoms with van der Waals surface area (Å²) in [6.45, 7) is 4.34. The van der Waals surface area contributed by atoms with E-state index in [1.807, 2.05) is 26.0 Å². The largest absolute Gasteiger partial charge is 0.326 e. The van der Waals surface area contributed by atoms with Gasteiger partial charge in [-0.25, -0.2) is 9.97 Å². The molecule has 0 aliphatic carbocycles. The quantitative estimate of drug-likeness (QED) is 0.841. The molecule has 0 aliphatic rings. The van der Waals surface area contributed by atoms with Gasteiger partial charge >= 0.3 is 0 Å². The van der Waals surface area contributed by atoms with Gasteiger partial charge in [-0.1, -0.05) is 0 Å². The first-order chi connectivity index (χ1) is 7.67. The Labute approximate surface area is 97.9 Å². The zero-order chi connectivity index (χ0) is 11.5. The summed E-state index contributed by atoms with van der Waals surface area (Å²) in [6.07, 6.45) is 0. The minimum atomic E-state index is 0.518. The molecule has 3 N–H and O–H groups in total. The van der Waals surface area contributed by atoms with Crippen molar-refractivity contribution in [3.05, 3.63) is 29.2 Å². The van der Waals surface area contributed by atoms with Crippen molar-refractivity contribution in [3.8, 4) is 0 Å². The number of nitrogens with one attached hydrogen (secondary N) is 1. The molecule has 0 atom stereocenters. The third-order valence-electron chi connectivity index (χ3n) is 2.00. The summed E-state index contributed by atoms with van der Waals surface area (Å²) in [7, 11) is 0. The smallest absolute Gasteiger partial charge is 0.214 e. The highest BCUT2D eigenvalue weighted by Gasteiger charge is 2.05. The highest BCUT2D eigenvalue weighted by molar-refractivity contribution is 7.99. The van der Waals surface area contributed by atoms with Crippen molar-refractivity contribution >= 4 is 11.8 Å². The van der Waals surface area contributed by atoms with E-state index in [1.54, 1.807) is 0 Å². The van der Waals surface area contributed by atoms with Crippen LogP contribution in [-0.2, 0) is 6.54 Å². The second-order valence-electron chi connectivity index (χ2n) is 3.46. The van der Waals surface area contributed by atoms with Crippen LogP contribution in [0.1, 0.15) is 17.1 Å². The van der Waals surface area contributed by atoms with Crippen LogP contribution in [0, 0.1) is 13.8 Å². The average molecular weight is 235 g/mol. The molecule has 6 heteroatoms. The third-order valence-corrected chi connectivity index (χ3v) is 2.78. The van der Waals surface area contributed by atoms with Crippen molar-refractivity contribution < 1.29 is 0 Å². The van der Waals surface area contributed by atoms with Crippen LogP contribution in [0.4, 0.5) is 0 Å². The van der Waals surface area contributed by atoms with Gasteiger partial charge < -0.3 is 5.73 Å². The van der Waals surface area contributed by atoms with E-state index < -0.39 is 0 Å². The lowest BCUT2D eigenvalue weighted by molar-refractivity contribution is 0.952. The fourth-order valence-corrected chi connectivity index (χ4v) is 2.20. The van der Waals surface area contributed by atoms with Crippen LogP contribution in [0.15, 0.2) is 22.3 Å². The van der Waals surface area contributed by atoms with Crippen LogP contribution < -0.4 is 5.73 Å². The molecule has 0 spiro atoms. The molecule has 2 aromatic heterocycles. The van der Waals surface area contributed by atoms with Crippen LogP contribution in [0.3, 0.4) is 0 Å². The van der Waals surface area contributed by atoms with Crippen LogP contribution in [-0.4, -0.2) is 20.2 Å². The van der Waals surface area contributed by atoms with E-state index in [2.05, 4.69) is 20.2 Å². The summed E-state index contributed by atoms with van der Waals surface area (Å²) in [6, 6.07) is 3.94. The number of aryl methyl sites for hydroxylation is 2. The van der Waals surface area contributed by atoms with E-state index in [9.17, 15) is 0 Å². The maximum atomic E-state index is 5.61. The normalized spacial score (nSPS) is 10.7. The summed E-state index contributed by atoms with van der Waals surface area (Å²) < 4.78 is 0. The van der Waals surface area contributed by atoms with E-state index >= 15 is 0 Å². The number of rotatable bonds is 3. The number of hydrogen-bond donors (Lipinski definition) is 2. The second kappa shape index (κ2) is 4.63. The molecular formula is C10H13N5S. The molecule has 0 bridgehead atoms. The monoisotopic (exact) mass is 235 g/mol. The van der Waals surface area contributed by atoms with E-state index in [-0.39, 0.29) is 0 Å².